The van der Waals surface area contributed by atoms with Crippen LogP contribution in [0.2, 0.25) is 0 Å². The molecule has 2 heterocycles. The van der Waals surface area contributed by atoms with Gasteiger partial charge in [-0.3, -0.25) is 9.59 Å². The number of carbonyl (C=O) groups excluding carboxylic acids is 2. The third-order valence-corrected chi connectivity index (χ3v) is 5.80. The minimum atomic E-state index is -0.970. The van der Waals surface area contributed by atoms with E-state index in [0.29, 0.717) is 38.3 Å². The summed E-state index contributed by atoms with van der Waals surface area (Å²) in [7, 11) is 0. The average Bonchev–Trinajstić information content (AvgIpc) is 2.65. The van der Waals surface area contributed by atoms with Gasteiger partial charge in [-0.05, 0) is 63.3 Å². The molecule has 0 radical (unpaired) electrons. The van der Waals surface area contributed by atoms with E-state index < -0.39 is 28.9 Å². The molecule has 7 heteroatoms. The van der Waals surface area contributed by atoms with Gasteiger partial charge in [-0.1, -0.05) is 6.07 Å². The number of hydrogen-bond acceptors (Lipinski definition) is 5. The summed E-state index contributed by atoms with van der Waals surface area (Å²) in [5.74, 6) is -3.24. The smallest absolute Gasteiger partial charge is 0.313 e. The van der Waals surface area contributed by atoms with Gasteiger partial charge in [0, 0.05) is 13.1 Å². The maximum atomic E-state index is 13.7. The molecule has 0 aliphatic carbocycles. The lowest BCUT2D eigenvalue weighted by Crippen LogP contribution is -2.49. The molecule has 0 amide bonds. The Morgan fingerprint density at radius 3 is 2.86 bits per heavy atom. The molecule has 2 saturated heterocycles. The molecule has 0 N–H and O–H groups in total. The van der Waals surface area contributed by atoms with Crippen LogP contribution in [-0.2, 0) is 19.1 Å². The van der Waals surface area contributed by atoms with Crippen LogP contribution in [0.25, 0.3) is 0 Å². The zero-order chi connectivity index (χ0) is 20.3. The third-order valence-electron chi connectivity index (χ3n) is 5.80. The van der Waals surface area contributed by atoms with E-state index in [1.165, 1.54) is 6.07 Å². The fourth-order valence-electron chi connectivity index (χ4n) is 4.37. The predicted molar refractivity (Wildman–Crippen MR) is 98.6 cm³/mol. The second-order valence-electron chi connectivity index (χ2n) is 7.99. The Kier molecular flexibility index (Phi) is 6.33. The number of nitrogens with zero attached hydrogens (tertiary/aromatic N) is 1. The Bertz CT molecular complexity index is 741. The first-order valence-corrected chi connectivity index (χ1v) is 9.85. The molecule has 2 aliphatic rings. The molecule has 0 saturated carbocycles. The van der Waals surface area contributed by atoms with Crippen LogP contribution >= 0.6 is 0 Å². The van der Waals surface area contributed by atoms with Gasteiger partial charge in [0.05, 0.1) is 24.5 Å². The van der Waals surface area contributed by atoms with Crippen LogP contribution in [0.5, 0.6) is 0 Å². The summed E-state index contributed by atoms with van der Waals surface area (Å²) in [5, 5.41) is 0. The number of benzene rings is 1. The fourth-order valence-corrected chi connectivity index (χ4v) is 4.37. The monoisotopic (exact) mass is 395 g/mol. The minimum absolute atomic E-state index is 0.0874. The minimum Gasteiger partial charge on any atom is -0.466 e. The zero-order valence-corrected chi connectivity index (χ0v) is 16.4. The maximum absolute atomic E-state index is 13.7. The van der Waals surface area contributed by atoms with E-state index >= 15 is 0 Å². The lowest BCUT2D eigenvalue weighted by atomic mass is 9.79. The number of cyclic esters (lactones) is 1. The van der Waals surface area contributed by atoms with Crippen molar-refractivity contribution < 1.29 is 27.8 Å². The average molecular weight is 395 g/mol. The normalized spacial score (nSPS) is 28.6. The zero-order valence-electron chi connectivity index (χ0n) is 16.4. The Morgan fingerprint density at radius 2 is 2.14 bits per heavy atom. The second kappa shape index (κ2) is 8.55. The van der Waals surface area contributed by atoms with Crippen LogP contribution in [0.1, 0.15) is 44.6 Å². The molecule has 1 aromatic rings. The fraction of sp³-hybridized carbons (Fsp3) is 0.619. The van der Waals surface area contributed by atoms with Gasteiger partial charge in [0.2, 0.25) is 0 Å². The Hall–Kier alpha value is -2.02. The van der Waals surface area contributed by atoms with Gasteiger partial charge in [0.1, 0.15) is 0 Å². The Morgan fingerprint density at radius 1 is 1.36 bits per heavy atom. The number of likely N-dealkylation sites (tertiary alicyclic amines) is 1. The van der Waals surface area contributed by atoms with E-state index in [2.05, 4.69) is 4.90 Å². The van der Waals surface area contributed by atoms with Crippen LogP contribution in [0, 0.1) is 23.0 Å². The highest BCUT2D eigenvalue weighted by molar-refractivity contribution is 5.79. The summed E-state index contributed by atoms with van der Waals surface area (Å²) in [6, 6.07) is 3.57. The van der Waals surface area contributed by atoms with Crippen molar-refractivity contribution in [2.24, 2.45) is 11.3 Å². The van der Waals surface area contributed by atoms with Crippen molar-refractivity contribution in [2.75, 3.05) is 32.8 Å². The Balaban J connectivity index is 1.76. The molecule has 28 heavy (non-hydrogen) atoms. The number of ether oxygens (including phenoxy) is 2. The first-order chi connectivity index (χ1) is 13.3. The van der Waals surface area contributed by atoms with E-state index in [1.54, 1.807) is 6.92 Å². The highest BCUT2D eigenvalue weighted by Crippen LogP contribution is 2.36. The molecule has 154 valence electrons. The van der Waals surface area contributed by atoms with Gasteiger partial charge in [0.25, 0.3) is 0 Å². The van der Waals surface area contributed by atoms with E-state index in [0.717, 1.165) is 31.5 Å². The molecule has 3 rings (SSSR count). The Labute approximate surface area is 164 Å². The number of esters is 2. The van der Waals surface area contributed by atoms with Gasteiger partial charge < -0.3 is 14.4 Å². The molecule has 3 atom stereocenters. The lowest BCUT2D eigenvalue weighted by molar-refractivity contribution is -0.159. The SMILES string of the molecule is CCOC(=O)[C@]1(C)CCCN(C[C@@H]2CCOC(=O)[C@H]2c2ccc(F)c(F)c2)C1. The highest BCUT2D eigenvalue weighted by atomic mass is 19.2. The molecule has 2 aliphatic heterocycles. The largest absolute Gasteiger partial charge is 0.466 e. The van der Waals surface area contributed by atoms with Crippen LogP contribution in [0.4, 0.5) is 8.78 Å². The molecule has 0 bridgehead atoms. The van der Waals surface area contributed by atoms with Crippen molar-refractivity contribution >= 4 is 11.9 Å². The maximum Gasteiger partial charge on any atom is 0.313 e. The summed E-state index contributed by atoms with van der Waals surface area (Å²) >= 11 is 0. The molecule has 5 nitrogen and oxygen atoms in total. The number of hydrogen-bond donors (Lipinski definition) is 0. The first-order valence-electron chi connectivity index (χ1n) is 9.85. The van der Waals surface area contributed by atoms with Gasteiger partial charge in [-0.2, -0.15) is 0 Å². The van der Waals surface area contributed by atoms with Crippen LogP contribution in [0.15, 0.2) is 18.2 Å². The number of rotatable bonds is 5. The van der Waals surface area contributed by atoms with Crippen molar-refractivity contribution in [1.29, 1.82) is 0 Å². The summed E-state index contributed by atoms with van der Waals surface area (Å²) in [6.45, 7) is 6.34. The molecular weight excluding hydrogens is 368 g/mol. The summed E-state index contributed by atoms with van der Waals surface area (Å²) in [5.41, 5.74) is -0.139. The quantitative estimate of drug-likeness (QED) is 0.717. The molecule has 2 fully saturated rings. The van der Waals surface area contributed by atoms with E-state index in [9.17, 15) is 18.4 Å². The van der Waals surface area contributed by atoms with E-state index in [-0.39, 0.29) is 11.9 Å². The van der Waals surface area contributed by atoms with Crippen LogP contribution in [-0.4, -0.2) is 49.7 Å². The van der Waals surface area contributed by atoms with Gasteiger partial charge >= 0.3 is 11.9 Å². The predicted octanol–water partition coefficient (Wildman–Crippen LogP) is 3.28. The topological polar surface area (TPSA) is 55.8 Å². The first kappa shape index (κ1) is 20.7. The number of halogens is 2. The van der Waals surface area contributed by atoms with Gasteiger partial charge in [0.15, 0.2) is 11.6 Å². The van der Waals surface area contributed by atoms with Crippen molar-refractivity contribution in [1.82, 2.24) is 4.90 Å². The van der Waals surface area contributed by atoms with Crippen LogP contribution in [0.3, 0.4) is 0 Å². The summed E-state index contributed by atoms with van der Waals surface area (Å²) in [6.07, 6.45) is 2.27. The van der Waals surface area contributed by atoms with Gasteiger partial charge in [-0.15, -0.1) is 0 Å². The van der Waals surface area contributed by atoms with Crippen molar-refractivity contribution in [3.05, 3.63) is 35.4 Å². The summed E-state index contributed by atoms with van der Waals surface area (Å²) in [4.78, 5) is 27.0. The second-order valence-corrected chi connectivity index (χ2v) is 7.99. The van der Waals surface area contributed by atoms with Crippen molar-refractivity contribution in [2.45, 2.75) is 39.0 Å². The standard InChI is InChI=1S/C21H27F2NO4/c1-3-27-20(26)21(2)8-4-9-24(13-21)12-15-7-10-28-19(25)18(15)14-5-6-16(22)17(23)11-14/h5-6,11,15,18H,3-4,7-10,12-13H2,1-2H3/t15-,18-,21+/m0/s1. The summed E-state index contributed by atoms with van der Waals surface area (Å²) < 4.78 is 37.5. The number of carbonyl (C=O) groups is 2. The van der Waals surface area contributed by atoms with Crippen molar-refractivity contribution in [3.8, 4) is 0 Å². The van der Waals surface area contributed by atoms with Crippen molar-refractivity contribution in [3.63, 3.8) is 0 Å². The number of piperidine rings is 1. The lowest BCUT2D eigenvalue weighted by Gasteiger charge is -2.41. The third kappa shape index (κ3) is 4.35. The molecule has 0 unspecified atom stereocenters. The molecule has 0 aromatic heterocycles. The molecular formula is C21H27F2NO4. The molecule has 0 spiro atoms. The van der Waals surface area contributed by atoms with Crippen LogP contribution < -0.4 is 0 Å². The van der Waals surface area contributed by atoms with Gasteiger partial charge in [-0.25, -0.2) is 8.78 Å². The van der Waals surface area contributed by atoms with E-state index in [1.807, 2.05) is 6.92 Å². The highest BCUT2D eigenvalue weighted by Gasteiger charge is 2.42. The van der Waals surface area contributed by atoms with E-state index in [4.69, 9.17) is 9.47 Å². The molecule has 1 aromatic carbocycles.